The van der Waals surface area contributed by atoms with E-state index in [2.05, 4.69) is 13.8 Å². The molecule has 0 amide bonds. The van der Waals surface area contributed by atoms with Gasteiger partial charge in [-0.15, -0.1) is 0 Å². The molecule has 1 aromatic heterocycles. The van der Waals surface area contributed by atoms with Crippen LogP contribution in [0.4, 0.5) is 0 Å². The smallest absolute Gasteiger partial charge is 0.120 e. The highest BCUT2D eigenvalue weighted by atomic mass is 16.3. The van der Waals surface area contributed by atoms with Crippen LogP contribution >= 0.6 is 0 Å². The third-order valence-electron chi connectivity index (χ3n) is 1.84. The molecule has 0 saturated carbocycles. The molecular formula is C9H15NO. The van der Waals surface area contributed by atoms with Crippen LogP contribution in [0, 0.1) is 0 Å². The Morgan fingerprint density at radius 3 is 2.64 bits per heavy atom. The van der Waals surface area contributed by atoms with Crippen LogP contribution < -0.4 is 5.73 Å². The first-order valence-corrected chi connectivity index (χ1v) is 4.12. The van der Waals surface area contributed by atoms with E-state index in [4.69, 9.17) is 10.2 Å². The van der Waals surface area contributed by atoms with Gasteiger partial charge >= 0.3 is 0 Å². The highest BCUT2D eigenvalue weighted by Gasteiger charge is 2.06. The second-order valence-electron chi connectivity index (χ2n) is 2.67. The van der Waals surface area contributed by atoms with E-state index in [-0.39, 0.29) is 6.04 Å². The predicted molar refractivity (Wildman–Crippen MR) is 45.3 cm³/mol. The first-order chi connectivity index (χ1) is 5.27. The standard InChI is InChI=1S/C9H15NO/c1-3-7-5-6-9(11-7)8(10)4-2/h5-6,8H,3-4,10H2,1-2H3/t8-/m1/s1. The summed E-state index contributed by atoms with van der Waals surface area (Å²) in [4.78, 5) is 0. The molecule has 0 fully saturated rings. The van der Waals surface area contributed by atoms with Crippen molar-refractivity contribution < 1.29 is 4.42 Å². The molecule has 0 spiro atoms. The summed E-state index contributed by atoms with van der Waals surface area (Å²) in [5.74, 6) is 1.92. The van der Waals surface area contributed by atoms with Gasteiger partial charge in [0.1, 0.15) is 11.5 Å². The van der Waals surface area contributed by atoms with Gasteiger partial charge in [0.2, 0.25) is 0 Å². The Hall–Kier alpha value is -0.760. The molecule has 0 aliphatic heterocycles. The van der Waals surface area contributed by atoms with Gasteiger partial charge in [0.15, 0.2) is 0 Å². The summed E-state index contributed by atoms with van der Waals surface area (Å²) in [6, 6.07) is 4.02. The third kappa shape index (κ3) is 1.84. The molecule has 0 aromatic carbocycles. The van der Waals surface area contributed by atoms with E-state index in [1.165, 1.54) is 0 Å². The lowest BCUT2D eigenvalue weighted by Gasteiger charge is -2.02. The summed E-state index contributed by atoms with van der Waals surface area (Å²) in [5.41, 5.74) is 5.77. The maximum atomic E-state index is 5.77. The molecule has 0 unspecified atom stereocenters. The van der Waals surface area contributed by atoms with Crippen LogP contribution in [0.1, 0.15) is 37.8 Å². The number of hydrogen-bond donors (Lipinski definition) is 1. The average Bonchev–Trinajstić information content (AvgIpc) is 2.50. The molecule has 2 nitrogen and oxygen atoms in total. The number of furan rings is 1. The Bertz CT molecular complexity index is 217. The summed E-state index contributed by atoms with van der Waals surface area (Å²) in [6.07, 6.45) is 1.87. The van der Waals surface area contributed by atoms with Crippen molar-refractivity contribution in [3.63, 3.8) is 0 Å². The molecule has 0 radical (unpaired) electrons. The van der Waals surface area contributed by atoms with Crippen LogP contribution in [-0.4, -0.2) is 0 Å². The summed E-state index contributed by atoms with van der Waals surface area (Å²) in [6.45, 7) is 4.12. The van der Waals surface area contributed by atoms with Crippen molar-refractivity contribution in [3.8, 4) is 0 Å². The average molecular weight is 153 g/mol. The summed E-state index contributed by atoms with van der Waals surface area (Å²) in [5, 5.41) is 0. The van der Waals surface area contributed by atoms with Crippen LogP contribution in [0.3, 0.4) is 0 Å². The van der Waals surface area contributed by atoms with Crippen molar-refractivity contribution in [3.05, 3.63) is 23.7 Å². The zero-order valence-electron chi connectivity index (χ0n) is 7.13. The number of nitrogens with two attached hydrogens (primary N) is 1. The number of rotatable bonds is 3. The zero-order chi connectivity index (χ0) is 8.27. The molecule has 2 heteroatoms. The second kappa shape index (κ2) is 3.58. The van der Waals surface area contributed by atoms with Crippen molar-refractivity contribution in [1.29, 1.82) is 0 Å². The summed E-state index contributed by atoms with van der Waals surface area (Å²) in [7, 11) is 0. The van der Waals surface area contributed by atoms with E-state index >= 15 is 0 Å². The fourth-order valence-corrected chi connectivity index (χ4v) is 0.985. The van der Waals surface area contributed by atoms with Gasteiger partial charge in [-0.3, -0.25) is 0 Å². The number of aryl methyl sites for hydroxylation is 1. The topological polar surface area (TPSA) is 39.2 Å². The molecule has 1 aromatic rings. The lowest BCUT2D eigenvalue weighted by atomic mass is 10.2. The normalized spacial score (nSPS) is 13.4. The van der Waals surface area contributed by atoms with Crippen molar-refractivity contribution in [2.75, 3.05) is 0 Å². The molecule has 0 aliphatic carbocycles. The van der Waals surface area contributed by atoms with Crippen LogP contribution in [0.25, 0.3) is 0 Å². The molecule has 62 valence electrons. The van der Waals surface area contributed by atoms with Gasteiger partial charge in [-0.05, 0) is 18.6 Å². The molecule has 1 heterocycles. The Kier molecular flexibility index (Phi) is 2.71. The van der Waals surface area contributed by atoms with Gasteiger partial charge in [-0.1, -0.05) is 13.8 Å². The van der Waals surface area contributed by atoms with Crippen LogP contribution in [0.2, 0.25) is 0 Å². The monoisotopic (exact) mass is 153 g/mol. The molecule has 0 saturated heterocycles. The van der Waals surface area contributed by atoms with Crippen LogP contribution in [-0.2, 0) is 6.42 Å². The Morgan fingerprint density at radius 1 is 1.45 bits per heavy atom. The lowest BCUT2D eigenvalue weighted by molar-refractivity contribution is 0.431. The SMILES string of the molecule is CCc1ccc([C@H](N)CC)o1. The van der Waals surface area contributed by atoms with E-state index in [1.807, 2.05) is 12.1 Å². The summed E-state index contributed by atoms with van der Waals surface area (Å²) < 4.78 is 5.46. The lowest BCUT2D eigenvalue weighted by Crippen LogP contribution is -2.06. The van der Waals surface area contributed by atoms with Gasteiger partial charge in [-0.25, -0.2) is 0 Å². The minimum absolute atomic E-state index is 0.0651. The van der Waals surface area contributed by atoms with Crippen molar-refractivity contribution in [1.82, 2.24) is 0 Å². The van der Waals surface area contributed by atoms with Gasteiger partial charge in [0.05, 0.1) is 6.04 Å². The van der Waals surface area contributed by atoms with Crippen molar-refractivity contribution in [2.45, 2.75) is 32.7 Å². The Labute approximate surface area is 67.4 Å². The van der Waals surface area contributed by atoms with E-state index in [1.54, 1.807) is 0 Å². The maximum absolute atomic E-state index is 5.77. The molecule has 0 aliphatic rings. The highest BCUT2D eigenvalue weighted by Crippen LogP contribution is 2.16. The first-order valence-electron chi connectivity index (χ1n) is 4.12. The van der Waals surface area contributed by atoms with Crippen molar-refractivity contribution >= 4 is 0 Å². The maximum Gasteiger partial charge on any atom is 0.120 e. The second-order valence-corrected chi connectivity index (χ2v) is 2.67. The first kappa shape index (κ1) is 8.34. The van der Waals surface area contributed by atoms with E-state index < -0.39 is 0 Å². The highest BCUT2D eigenvalue weighted by molar-refractivity contribution is 5.09. The minimum atomic E-state index is 0.0651. The largest absolute Gasteiger partial charge is 0.464 e. The van der Waals surface area contributed by atoms with Crippen LogP contribution in [0.15, 0.2) is 16.5 Å². The van der Waals surface area contributed by atoms with E-state index in [0.717, 1.165) is 24.4 Å². The molecule has 1 rings (SSSR count). The zero-order valence-corrected chi connectivity index (χ0v) is 7.13. The van der Waals surface area contributed by atoms with Gasteiger partial charge in [0.25, 0.3) is 0 Å². The Morgan fingerprint density at radius 2 is 2.18 bits per heavy atom. The van der Waals surface area contributed by atoms with E-state index in [0.29, 0.717) is 0 Å². The molecule has 0 bridgehead atoms. The quantitative estimate of drug-likeness (QED) is 0.723. The molecule has 2 N–H and O–H groups in total. The molecule has 1 atom stereocenters. The fourth-order valence-electron chi connectivity index (χ4n) is 0.985. The molecular weight excluding hydrogens is 138 g/mol. The van der Waals surface area contributed by atoms with Gasteiger partial charge < -0.3 is 10.2 Å². The third-order valence-corrected chi connectivity index (χ3v) is 1.84. The Balaban J connectivity index is 2.71. The predicted octanol–water partition coefficient (Wildman–Crippen LogP) is 2.25. The number of hydrogen-bond acceptors (Lipinski definition) is 2. The molecule has 11 heavy (non-hydrogen) atoms. The fraction of sp³-hybridized carbons (Fsp3) is 0.556. The van der Waals surface area contributed by atoms with Crippen LogP contribution in [0.5, 0.6) is 0 Å². The minimum Gasteiger partial charge on any atom is -0.464 e. The van der Waals surface area contributed by atoms with E-state index in [9.17, 15) is 0 Å². The van der Waals surface area contributed by atoms with Gasteiger partial charge in [0, 0.05) is 6.42 Å². The van der Waals surface area contributed by atoms with Crippen molar-refractivity contribution in [2.24, 2.45) is 5.73 Å². The van der Waals surface area contributed by atoms with Gasteiger partial charge in [-0.2, -0.15) is 0 Å². The summed E-state index contributed by atoms with van der Waals surface area (Å²) >= 11 is 0.